The van der Waals surface area contributed by atoms with E-state index < -0.39 is 0 Å². The van der Waals surface area contributed by atoms with Crippen molar-refractivity contribution in [3.05, 3.63) is 30.1 Å². The van der Waals surface area contributed by atoms with Crippen molar-refractivity contribution < 1.29 is 4.74 Å². The number of hydrogen-bond donors (Lipinski definition) is 1. The molecule has 1 aromatic rings. The molecule has 1 aliphatic rings. The van der Waals surface area contributed by atoms with E-state index >= 15 is 0 Å². The van der Waals surface area contributed by atoms with Gasteiger partial charge in [0, 0.05) is 32.1 Å². The van der Waals surface area contributed by atoms with Gasteiger partial charge in [0.2, 0.25) is 0 Å². The summed E-state index contributed by atoms with van der Waals surface area (Å²) in [5.74, 6) is 0. The zero-order chi connectivity index (χ0) is 11.2. The Labute approximate surface area is 97.2 Å². The average Bonchev–Trinajstić information content (AvgIpc) is 2.38. The molecule has 1 fully saturated rings. The minimum Gasteiger partial charge on any atom is -0.381 e. The Balaban J connectivity index is 1.72. The van der Waals surface area contributed by atoms with Crippen molar-refractivity contribution in [1.82, 2.24) is 10.3 Å². The zero-order valence-corrected chi connectivity index (χ0v) is 9.86. The molecule has 2 rings (SSSR count). The third-order valence-corrected chi connectivity index (χ3v) is 3.33. The molecule has 0 unspecified atom stereocenters. The fraction of sp³-hybridized carbons (Fsp3) is 0.615. The first-order chi connectivity index (χ1) is 7.88. The van der Waals surface area contributed by atoms with Crippen LogP contribution in [0.15, 0.2) is 24.5 Å². The molecule has 0 spiro atoms. The van der Waals surface area contributed by atoms with E-state index in [0.29, 0.717) is 12.1 Å². The summed E-state index contributed by atoms with van der Waals surface area (Å²) in [6.45, 7) is 0.927. The highest BCUT2D eigenvalue weighted by molar-refractivity contribution is 5.08. The molecule has 0 radical (unpaired) electrons. The highest BCUT2D eigenvalue weighted by atomic mass is 16.5. The number of methoxy groups -OCH3 is 1. The molecule has 1 aliphatic carbocycles. The maximum atomic E-state index is 5.36. The first-order valence-corrected chi connectivity index (χ1v) is 6.03. The molecule has 0 atom stereocenters. The Morgan fingerprint density at radius 1 is 1.38 bits per heavy atom. The van der Waals surface area contributed by atoms with Crippen LogP contribution in [0.1, 0.15) is 31.2 Å². The number of pyridine rings is 1. The second-order valence-corrected chi connectivity index (χ2v) is 4.45. The molecule has 0 bridgehead atoms. The minimum atomic E-state index is 0.483. The van der Waals surface area contributed by atoms with Crippen LogP contribution in [0.3, 0.4) is 0 Å². The molecular formula is C13H20N2O. The van der Waals surface area contributed by atoms with Crippen LogP contribution in [0.2, 0.25) is 0 Å². The summed E-state index contributed by atoms with van der Waals surface area (Å²) in [4.78, 5) is 4.11. The van der Waals surface area contributed by atoms with E-state index in [4.69, 9.17) is 4.74 Å². The largest absolute Gasteiger partial charge is 0.381 e. The molecule has 1 N–H and O–H groups in total. The van der Waals surface area contributed by atoms with Crippen molar-refractivity contribution in [3.63, 3.8) is 0 Å². The van der Waals surface area contributed by atoms with Gasteiger partial charge in [-0.25, -0.2) is 0 Å². The molecule has 1 heterocycles. The molecule has 1 saturated carbocycles. The van der Waals surface area contributed by atoms with Crippen molar-refractivity contribution >= 4 is 0 Å². The summed E-state index contributed by atoms with van der Waals surface area (Å²) < 4.78 is 5.36. The van der Waals surface area contributed by atoms with Crippen LogP contribution in [-0.2, 0) is 11.3 Å². The van der Waals surface area contributed by atoms with Gasteiger partial charge in [0.25, 0.3) is 0 Å². The molecule has 88 valence electrons. The van der Waals surface area contributed by atoms with E-state index in [2.05, 4.69) is 16.4 Å². The van der Waals surface area contributed by atoms with Gasteiger partial charge in [0.05, 0.1) is 6.10 Å². The van der Waals surface area contributed by atoms with Crippen LogP contribution >= 0.6 is 0 Å². The molecule has 0 amide bonds. The van der Waals surface area contributed by atoms with Gasteiger partial charge in [-0.15, -0.1) is 0 Å². The smallest absolute Gasteiger partial charge is 0.0572 e. The molecule has 3 nitrogen and oxygen atoms in total. The summed E-state index contributed by atoms with van der Waals surface area (Å²) in [7, 11) is 1.81. The number of nitrogens with zero attached hydrogens (tertiary/aromatic N) is 1. The van der Waals surface area contributed by atoms with Crippen molar-refractivity contribution in [3.8, 4) is 0 Å². The van der Waals surface area contributed by atoms with E-state index in [1.54, 1.807) is 0 Å². The standard InChI is InChI=1S/C13H20N2O/c1-16-13-6-4-12(5-7-13)15-10-11-3-2-8-14-9-11/h2-3,8-9,12-13,15H,4-7,10H2,1H3. The quantitative estimate of drug-likeness (QED) is 0.844. The maximum absolute atomic E-state index is 5.36. The lowest BCUT2D eigenvalue weighted by Crippen LogP contribution is -2.34. The van der Waals surface area contributed by atoms with Crippen molar-refractivity contribution in [2.75, 3.05) is 7.11 Å². The lowest BCUT2D eigenvalue weighted by molar-refractivity contribution is 0.0624. The Kier molecular flexibility index (Phi) is 4.31. The van der Waals surface area contributed by atoms with Crippen LogP contribution in [0.5, 0.6) is 0 Å². The second-order valence-electron chi connectivity index (χ2n) is 4.45. The van der Waals surface area contributed by atoms with Gasteiger partial charge in [-0.3, -0.25) is 4.98 Å². The number of hydrogen-bond acceptors (Lipinski definition) is 3. The average molecular weight is 220 g/mol. The van der Waals surface area contributed by atoms with Gasteiger partial charge < -0.3 is 10.1 Å². The lowest BCUT2D eigenvalue weighted by Gasteiger charge is -2.28. The van der Waals surface area contributed by atoms with E-state index in [1.807, 2.05) is 25.6 Å². The van der Waals surface area contributed by atoms with E-state index in [0.717, 1.165) is 6.54 Å². The predicted molar refractivity (Wildman–Crippen MR) is 64.1 cm³/mol. The summed E-state index contributed by atoms with van der Waals surface area (Å²) in [6.07, 6.45) is 9.03. The van der Waals surface area contributed by atoms with Crippen LogP contribution in [-0.4, -0.2) is 24.2 Å². The van der Waals surface area contributed by atoms with Gasteiger partial charge in [-0.2, -0.15) is 0 Å². The topological polar surface area (TPSA) is 34.1 Å². The summed E-state index contributed by atoms with van der Waals surface area (Å²) in [5.41, 5.74) is 1.26. The molecule has 0 aliphatic heterocycles. The maximum Gasteiger partial charge on any atom is 0.0572 e. The number of ether oxygens (including phenoxy) is 1. The number of rotatable bonds is 4. The highest BCUT2D eigenvalue weighted by Gasteiger charge is 2.19. The summed E-state index contributed by atoms with van der Waals surface area (Å²) in [5, 5.41) is 3.59. The van der Waals surface area contributed by atoms with Crippen molar-refractivity contribution in [2.24, 2.45) is 0 Å². The molecular weight excluding hydrogens is 200 g/mol. The molecule has 1 aromatic heterocycles. The van der Waals surface area contributed by atoms with Gasteiger partial charge in [-0.05, 0) is 37.3 Å². The van der Waals surface area contributed by atoms with Gasteiger partial charge in [0.15, 0.2) is 0 Å². The number of aromatic nitrogens is 1. The Morgan fingerprint density at radius 2 is 2.19 bits per heavy atom. The van der Waals surface area contributed by atoms with Crippen molar-refractivity contribution in [2.45, 2.75) is 44.4 Å². The monoisotopic (exact) mass is 220 g/mol. The second kappa shape index (κ2) is 5.97. The summed E-state index contributed by atoms with van der Waals surface area (Å²) >= 11 is 0. The third-order valence-electron chi connectivity index (χ3n) is 3.33. The van der Waals surface area contributed by atoms with Crippen LogP contribution < -0.4 is 5.32 Å². The predicted octanol–water partition coefficient (Wildman–Crippen LogP) is 2.13. The molecule has 3 heteroatoms. The lowest BCUT2D eigenvalue weighted by atomic mass is 9.93. The van der Waals surface area contributed by atoms with Gasteiger partial charge >= 0.3 is 0 Å². The number of nitrogens with one attached hydrogen (secondary N) is 1. The highest BCUT2D eigenvalue weighted by Crippen LogP contribution is 2.20. The SMILES string of the molecule is COC1CCC(NCc2cccnc2)CC1. The normalized spacial score (nSPS) is 25.6. The molecule has 16 heavy (non-hydrogen) atoms. The third kappa shape index (κ3) is 3.29. The van der Waals surface area contributed by atoms with E-state index in [-0.39, 0.29) is 0 Å². The van der Waals surface area contributed by atoms with E-state index in [1.165, 1.54) is 31.2 Å². The Morgan fingerprint density at radius 3 is 2.81 bits per heavy atom. The molecule has 0 saturated heterocycles. The zero-order valence-electron chi connectivity index (χ0n) is 9.86. The minimum absolute atomic E-state index is 0.483. The van der Waals surface area contributed by atoms with Gasteiger partial charge in [0.1, 0.15) is 0 Å². The Hall–Kier alpha value is -0.930. The molecule has 0 aromatic carbocycles. The van der Waals surface area contributed by atoms with E-state index in [9.17, 15) is 0 Å². The first-order valence-electron chi connectivity index (χ1n) is 6.03. The van der Waals surface area contributed by atoms with Crippen LogP contribution in [0.25, 0.3) is 0 Å². The van der Waals surface area contributed by atoms with Crippen LogP contribution in [0.4, 0.5) is 0 Å². The Bertz CT molecular complexity index is 294. The first kappa shape index (κ1) is 11.6. The fourth-order valence-corrected chi connectivity index (χ4v) is 2.27. The van der Waals surface area contributed by atoms with Crippen LogP contribution in [0, 0.1) is 0 Å². The summed E-state index contributed by atoms with van der Waals surface area (Å²) in [6, 6.07) is 4.74. The fourth-order valence-electron chi connectivity index (χ4n) is 2.27. The van der Waals surface area contributed by atoms with Gasteiger partial charge in [-0.1, -0.05) is 6.07 Å². The van der Waals surface area contributed by atoms with Crippen molar-refractivity contribution in [1.29, 1.82) is 0 Å².